The second-order valence-corrected chi connectivity index (χ2v) is 6.90. The molecular formula is C20H20O2S. The number of hydrogen-bond donors (Lipinski definition) is 0. The number of rotatable bonds is 5. The molecule has 0 saturated heterocycles. The van der Waals surface area contributed by atoms with Crippen LogP contribution in [0.1, 0.15) is 24.3 Å². The van der Waals surface area contributed by atoms with Crippen molar-refractivity contribution in [3.05, 3.63) is 70.4 Å². The van der Waals surface area contributed by atoms with Gasteiger partial charge in [0.05, 0.1) is 12.0 Å². The van der Waals surface area contributed by atoms with Crippen molar-refractivity contribution in [2.45, 2.75) is 25.7 Å². The molecule has 0 spiro atoms. The maximum absolute atomic E-state index is 12.7. The van der Waals surface area contributed by atoms with Gasteiger partial charge in [-0.1, -0.05) is 48.5 Å². The lowest BCUT2D eigenvalue weighted by molar-refractivity contribution is -0.149. The van der Waals surface area contributed by atoms with E-state index in [0.717, 1.165) is 10.9 Å². The molecule has 3 heteroatoms. The molecule has 1 atom stereocenters. The number of carbonyl (C=O) groups excluding carboxylic acids is 1. The summed E-state index contributed by atoms with van der Waals surface area (Å²) in [6.45, 7) is 4.23. The van der Waals surface area contributed by atoms with Gasteiger partial charge in [0.25, 0.3) is 0 Å². The normalized spacial score (nSPS) is 13.7. The molecule has 1 heterocycles. The zero-order chi connectivity index (χ0) is 16.3. The highest BCUT2D eigenvalue weighted by Gasteiger charge is 2.37. The van der Waals surface area contributed by atoms with Crippen LogP contribution < -0.4 is 0 Å². The van der Waals surface area contributed by atoms with Gasteiger partial charge in [-0.15, -0.1) is 11.3 Å². The summed E-state index contributed by atoms with van der Waals surface area (Å²) >= 11 is 1.68. The molecule has 0 amide bonds. The molecule has 0 fully saturated rings. The van der Waals surface area contributed by atoms with Gasteiger partial charge in [0.1, 0.15) is 0 Å². The minimum absolute atomic E-state index is 0.163. The molecule has 1 aromatic heterocycles. The van der Waals surface area contributed by atoms with Crippen LogP contribution in [0.15, 0.2) is 60.0 Å². The number of ether oxygens (including phenoxy) is 1. The zero-order valence-electron chi connectivity index (χ0n) is 13.4. The summed E-state index contributed by atoms with van der Waals surface area (Å²) in [7, 11) is 0. The fourth-order valence-electron chi connectivity index (χ4n) is 2.88. The van der Waals surface area contributed by atoms with Gasteiger partial charge in [0, 0.05) is 11.3 Å². The molecule has 2 aromatic carbocycles. The lowest BCUT2D eigenvalue weighted by atomic mass is 9.78. The van der Waals surface area contributed by atoms with Crippen LogP contribution in [0.25, 0.3) is 10.8 Å². The first kappa shape index (κ1) is 15.8. The Hall–Kier alpha value is -2.13. The summed E-state index contributed by atoms with van der Waals surface area (Å²) in [4.78, 5) is 13.9. The second kappa shape index (κ2) is 6.55. The van der Waals surface area contributed by atoms with Gasteiger partial charge in [-0.2, -0.15) is 0 Å². The fourth-order valence-corrected chi connectivity index (χ4v) is 3.74. The van der Waals surface area contributed by atoms with Crippen molar-refractivity contribution in [3.8, 4) is 0 Å². The fraction of sp³-hybridized carbons (Fsp3) is 0.250. The van der Waals surface area contributed by atoms with Gasteiger partial charge in [0.15, 0.2) is 0 Å². The van der Waals surface area contributed by atoms with E-state index in [9.17, 15) is 4.79 Å². The monoisotopic (exact) mass is 324 g/mol. The number of benzene rings is 2. The molecule has 0 bridgehead atoms. The minimum atomic E-state index is -0.676. The van der Waals surface area contributed by atoms with Gasteiger partial charge in [0.2, 0.25) is 0 Å². The lowest BCUT2D eigenvalue weighted by Crippen LogP contribution is -2.36. The molecule has 0 aliphatic carbocycles. The number of esters is 1. The molecule has 23 heavy (non-hydrogen) atoms. The summed E-state index contributed by atoms with van der Waals surface area (Å²) in [6, 6.07) is 18.5. The number of thiophene rings is 1. The maximum Gasteiger partial charge on any atom is 0.316 e. The van der Waals surface area contributed by atoms with Crippen molar-refractivity contribution < 1.29 is 9.53 Å². The largest absolute Gasteiger partial charge is 0.465 e. The van der Waals surface area contributed by atoms with Crippen molar-refractivity contribution in [3.63, 3.8) is 0 Å². The number of hydrogen-bond acceptors (Lipinski definition) is 3. The predicted octanol–water partition coefficient (Wildman–Crippen LogP) is 4.96. The van der Waals surface area contributed by atoms with Crippen LogP contribution in [-0.4, -0.2) is 12.6 Å². The van der Waals surface area contributed by atoms with Crippen molar-refractivity contribution in [1.82, 2.24) is 0 Å². The average molecular weight is 324 g/mol. The Bertz CT molecular complexity index is 807. The van der Waals surface area contributed by atoms with E-state index in [1.165, 1.54) is 10.3 Å². The molecular weight excluding hydrogens is 304 g/mol. The van der Waals surface area contributed by atoms with Crippen LogP contribution >= 0.6 is 11.3 Å². The van der Waals surface area contributed by atoms with Crippen LogP contribution in [0.4, 0.5) is 0 Å². The van der Waals surface area contributed by atoms with E-state index < -0.39 is 5.41 Å². The Morgan fingerprint density at radius 3 is 2.57 bits per heavy atom. The summed E-state index contributed by atoms with van der Waals surface area (Å²) in [6.07, 6.45) is 0.655. The van der Waals surface area contributed by atoms with Gasteiger partial charge in [-0.3, -0.25) is 4.79 Å². The predicted molar refractivity (Wildman–Crippen MR) is 96.0 cm³/mol. The molecule has 0 radical (unpaired) electrons. The summed E-state index contributed by atoms with van der Waals surface area (Å²) in [5, 5.41) is 4.37. The molecule has 0 N–H and O–H groups in total. The molecule has 3 aromatic rings. The third-order valence-corrected chi connectivity index (χ3v) is 5.10. The van der Waals surface area contributed by atoms with Gasteiger partial charge in [-0.05, 0) is 41.6 Å². The smallest absolute Gasteiger partial charge is 0.316 e. The van der Waals surface area contributed by atoms with Crippen LogP contribution in [0.2, 0.25) is 0 Å². The first-order valence-electron chi connectivity index (χ1n) is 7.82. The third kappa shape index (κ3) is 3.15. The van der Waals surface area contributed by atoms with E-state index in [1.54, 1.807) is 11.3 Å². The van der Waals surface area contributed by atoms with E-state index in [-0.39, 0.29) is 5.97 Å². The van der Waals surface area contributed by atoms with Gasteiger partial charge < -0.3 is 4.74 Å². The van der Waals surface area contributed by atoms with Crippen LogP contribution in [0, 0.1) is 0 Å². The van der Waals surface area contributed by atoms with Crippen molar-refractivity contribution in [2.75, 3.05) is 6.61 Å². The van der Waals surface area contributed by atoms with Crippen molar-refractivity contribution in [1.29, 1.82) is 0 Å². The van der Waals surface area contributed by atoms with E-state index in [1.807, 2.05) is 43.5 Å². The third-order valence-electron chi connectivity index (χ3n) is 4.22. The Morgan fingerprint density at radius 1 is 1.09 bits per heavy atom. The van der Waals surface area contributed by atoms with E-state index in [2.05, 4.69) is 30.3 Å². The lowest BCUT2D eigenvalue weighted by Gasteiger charge is -2.27. The van der Waals surface area contributed by atoms with E-state index >= 15 is 0 Å². The molecule has 118 valence electrons. The molecule has 1 unspecified atom stereocenters. The SMILES string of the molecule is CCOC(=O)C(C)(Cc1cccs1)c1ccc2ccccc2c1. The van der Waals surface area contributed by atoms with Crippen LogP contribution in [0.3, 0.4) is 0 Å². The quantitative estimate of drug-likeness (QED) is 0.620. The average Bonchev–Trinajstić information content (AvgIpc) is 3.07. The Labute approximate surface area is 140 Å². The first-order valence-corrected chi connectivity index (χ1v) is 8.70. The second-order valence-electron chi connectivity index (χ2n) is 5.87. The standard InChI is InChI=1S/C20H20O2S/c1-3-22-19(21)20(2,14-18-9-6-12-23-18)17-11-10-15-7-4-5-8-16(15)13-17/h4-13H,3,14H2,1-2H3. The first-order chi connectivity index (χ1) is 11.1. The molecule has 3 rings (SSSR count). The van der Waals surface area contributed by atoms with Gasteiger partial charge >= 0.3 is 5.97 Å². The molecule has 0 aliphatic rings. The Balaban J connectivity index is 2.06. The topological polar surface area (TPSA) is 26.3 Å². The molecule has 0 aliphatic heterocycles. The maximum atomic E-state index is 12.7. The number of fused-ring (bicyclic) bond motifs is 1. The minimum Gasteiger partial charge on any atom is -0.465 e. The zero-order valence-corrected chi connectivity index (χ0v) is 14.2. The van der Waals surface area contributed by atoms with E-state index in [4.69, 9.17) is 4.74 Å². The van der Waals surface area contributed by atoms with E-state index in [0.29, 0.717) is 13.0 Å². The Morgan fingerprint density at radius 2 is 1.87 bits per heavy atom. The van der Waals surface area contributed by atoms with Crippen LogP contribution in [-0.2, 0) is 21.4 Å². The van der Waals surface area contributed by atoms with Crippen LogP contribution in [0.5, 0.6) is 0 Å². The van der Waals surface area contributed by atoms with Crippen molar-refractivity contribution >= 4 is 28.1 Å². The summed E-state index contributed by atoms with van der Waals surface area (Å²) in [5.74, 6) is -0.163. The highest BCUT2D eigenvalue weighted by molar-refractivity contribution is 7.09. The number of carbonyl (C=O) groups is 1. The highest BCUT2D eigenvalue weighted by atomic mass is 32.1. The Kier molecular flexibility index (Phi) is 4.49. The molecule has 0 saturated carbocycles. The summed E-state index contributed by atoms with van der Waals surface area (Å²) < 4.78 is 5.39. The molecule has 2 nitrogen and oxygen atoms in total. The summed E-state index contributed by atoms with van der Waals surface area (Å²) in [5.41, 5.74) is 0.327. The van der Waals surface area contributed by atoms with Gasteiger partial charge in [-0.25, -0.2) is 0 Å². The highest BCUT2D eigenvalue weighted by Crippen LogP contribution is 2.33. The van der Waals surface area contributed by atoms with Crippen molar-refractivity contribution in [2.24, 2.45) is 0 Å².